The van der Waals surface area contributed by atoms with Gasteiger partial charge in [-0.25, -0.2) is 0 Å². The van der Waals surface area contributed by atoms with Crippen LogP contribution in [0.4, 0.5) is 11.4 Å². The minimum atomic E-state index is 0.175. The van der Waals surface area contributed by atoms with Crippen LogP contribution in [0.15, 0.2) is 77.8 Å². The van der Waals surface area contributed by atoms with Crippen molar-refractivity contribution in [3.8, 4) is 11.5 Å². The molecule has 3 aromatic rings. The highest BCUT2D eigenvalue weighted by Gasteiger charge is 2.01. The molecule has 3 rings (SSSR count). The van der Waals surface area contributed by atoms with E-state index in [-0.39, 0.29) is 5.75 Å². The Kier molecular flexibility index (Phi) is 5.88. The molecule has 3 aromatic carbocycles. The third kappa shape index (κ3) is 4.86. The van der Waals surface area contributed by atoms with Crippen LogP contribution in [-0.2, 0) is 6.42 Å². The number of anilines is 1. The first-order chi connectivity index (χ1) is 12.7. The molecule has 0 spiro atoms. The predicted molar refractivity (Wildman–Crippen MR) is 107 cm³/mol. The summed E-state index contributed by atoms with van der Waals surface area (Å²) in [5.41, 5.74) is 3.82. The first-order valence-electron chi connectivity index (χ1n) is 8.53. The number of hydrogen-bond acceptors (Lipinski definition) is 4. The van der Waals surface area contributed by atoms with Crippen LogP contribution < -0.4 is 10.1 Å². The molecule has 0 saturated carbocycles. The number of phenolic OH excluding ortho intramolecular Hbond substituents is 1. The molecule has 0 atom stereocenters. The Balaban J connectivity index is 1.57. The van der Waals surface area contributed by atoms with E-state index in [9.17, 15) is 5.11 Å². The van der Waals surface area contributed by atoms with Crippen molar-refractivity contribution >= 4 is 17.6 Å². The molecule has 0 radical (unpaired) electrons. The van der Waals surface area contributed by atoms with E-state index in [1.165, 1.54) is 5.56 Å². The summed E-state index contributed by atoms with van der Waals surface area (Å²) in [6.45, 7) is 0.879. The van der Waals surface area contributed by atoms with Gasteiger partial charge in [-0.15, -0.1) is 0 Å². The van der Waals surface area contributed by atoms with Gasteiger partial charge in [0, 0.05) is 24.0 Å². The standard InChI is InChI=1S/C22H22N2O2/c1-26-21-11-12-22(25)18(15-21)16-24-20-9-7-19(8-10-20)23-14-13-17-5-3-2-4-6-17/h2-12,15-16,23,25H,13-14H2,1H3. The number of nitrogens with one attached hydrogen (secondary N) is 1. The quantitative estimate of drug-likeness (QED) is 0.604. The minimum Gasteiger partial charge on any atom is -0.507 e. The maximum atomic E-state index is 9.89. The summed E-state index contributed by atoms with van der Waals surface area (Å²) in [6.07, 6.45) is 2.62. The van der Waals surface area contributed by atoms with Crippen molar-refractivity contribution in [2.75, 3.05) is 19.0 Å². The van der Waals surface area contributed by atoms with Gasteiger partial charge in [-0.2, -0.15) is 0 Å². The Bertz CT molecular complexity index is 859. The average Bonchev–Trinajstić information content (AvgIpc) is 2.69. The van der Waals surface area contributed by atoms with Gasteiger partial charge in [0.25, 0.3) is 0 Å². The number of rotatable bonds is 7. The lowest BCUT2D eigenvalue weighted by Crippen LogP contribution is -2.04. The average molecular weight is 346 g/mol. The van der Waals surface area contributed by atoms with E-state index in [2.05, 4.69) is 34.6 Å². The number of aliphatic imine (C=N–C) groups is 1. The van der Waals surface area contributed by atoms with Crippen LogP contribution in [0.2, 0.25) is 0 Å². The summed E-state index contributed by atoms with van der Waals surface area (Å²) in [5, 5.41) is 13.3. The summed E-state index contributed by atoms with van der Waals surface area (Å²) >= 11 is 0. The van der Waals surface area contributed by atoms with Gasteiger partial charge in [0.2, 0.25) is 0 Å². The Morgan fingerprint density at radius 1 is 1.00 bits per heavy atom. The molecule has 132 valence electrons. The van der Waals surface area contributed by atoms with E-state index < -0.39 is 0 Å². The van der Waals surface area contributed by atoms with Crippen molar-refractivity contribution in [3.05, 3.63) is 83.9 Å². The molecule has 0 fully saturated rings. The Hall–Kier alpha value is -3.27. The lowest BCUT2D eigenvalue weighted by Gasteiger charge is -2.07. The first-order valence-corrected chi connectivity index (χ1v) is 8.53. The van der Waals surface area contributed by atoms with Crippen LogP contribution in [0.3, 0.4) is 0 Å². The second-order valence-electron chi connectivity index (χ2n) is 5.89. The van der Waals surface area contributed by atoms with Gasteiger partial charge in [-0.05, 0) is 54.4 Å². The molecule has 0 aliphatic heterocycles. The second-order valence-corrected chi connectivity index (χ2v) is 5.89. The molecule has 0 aliphatic carbocycles. The van der Waals surface area contributed by atoms with Crippen LogP contribution in [-0.4, -0.2) is 25.0 Å². The Morgan fingerprint density at radius 3 is 2.50 bits per heavy atom. The highest BCUT2D eigenvalue weighted by atomic mass is 16.5. The number of hydrogen-bond donors (Lipinski definition) is 2. The van der Waals surface area contributed by atoms with Gasteiger partial charge >= 0.3 is 0 Å². The second kappa shape index (κ2) is 8.72. The molecule has 0 aromatic heterocycles. The van der Waals surface area contributed by atoms with Crippen molar-refractivity contribution in [2.45, 2.75) is 6.42 Å². The number of benzene rings is 3. The number of ether oxygens (including phenoxy) is 1. The first kappa shape index (κ1) is 17.5. The normalized spacial score (nSPS) is 10.8. The van der Waals surface area contributed by atoms with E-state index in [0.717, 1.165) is 24.3 Å². The van der Waals surface area contributed by atoms with Crippen LogP contribution in [0.5, 0.6) is 11.5 Å². The van der Waals surface area contributed by atoms with E-state index in [4.69, 9.17) is 4.74 Å². The van der Waals surface area contributed by atoms with E-state index in [0.29, 0.717) is 11.3 Å². The van der Waals surface area contributed by atoms with Crippen LogP contribution in [0.1, 0.15) is 11.1 Å². The number of nitrogens with zero attached hydrogens (tertiary/aromatic N) is 1. The largest absolute Gasteiger partial charge is 0.507 e. The van der Waals surface area contributed by atoms with Crippen LogP contribution in [0.25, 0.3) is 0 Å². The maximum absolute atomic E-state index is 9.89. The molecule has 0 heterocycles. The molecule has 4 nitrogen and oxygen atoms in total. The molecule has 0 bridgehead atoms. The van der Waals surface area contributed by atoms with Crippen molar-refractivity contribution in [1.29, 1.82) is 0 Å². The van der Waals surface area contributed by atoms with Crippen molar-refractivity contribution in [3.63, 3.8) is 0 Å². The summed E-state index contributed by atoms with van der Waals surface area (Å²) in [5.74, 6) is 0.857. The highest BCUT2D eigenvalue weighted by Crippen LogP contribution is 2.22. The lowest BCUT2D eigenvalue weighted by atomic mass is 10.1. The van der Waals surface area contributed by atoms with Gasteiger partial charge in [0.15, 0.2) is 0 Å². The molecule has 0 amide bonds. The third-order valence-corrected chi connectivity index (χ3v) is 4.04. The smallest absolute Gasteiger partial charge is 0.124 e. The topological polar surface area (TPSA) is 53.9 Å². The zero-order valence-corrected chi connectivity index (χ0v) is 14.7. The molecule has 2 N–H and O–H groups in total. The van der Waals surface area contributed by atoms with E-state index in [1.54, 1.807) is 31.5 Å². The maximum Gasteiger partial charge on any atom is 0.124 e. The lowest BCUT2D eigenvalue weighted by molar-refractivity contribution is 0.412. The van der Waals surface area contributed by atoms with Gasteiger partial charge in [-0.3, -0.25) is 4.99 Å². The molecule has 4 heteroatoms. The summed E-state index contributed by atoms with van der Waals surface area (Å²) in [6, 6.07) is 23.4. The van der Waals surface area contributed by atoms with Gasteiger partial charge < -0.3 is 15.2 Å². The molecule has 0 aliphatic rings. The van der Waals surface area contributed by atoms with Crippen LogP contribution in [0, 0.1) is 0 Å². The summed E-state index contributed by atoms with van der Waals surface area (Å²) in [4.78, 5) is 4.41. The summed E-state index contributed by atoms with van der Waals surface area (Å²) in [7, 11) is 1.59. The van der Waals surface area contributed by atoms with Crippen molar-refractivity contribution in [2.24, 2.45) is 4.99 Å². The minimum absolute atomic E-state index is 0.175. The molecule has 0 unspecified atom stereocenters. The fraction of sp³-hybridized carbons (Fsp3) is 0.136. The summed E-state index contributed by atoms with van der Waals surface area (Å²) < 4.78 is 5.17. The van der Waals surface area contributed by atoms with E-state index in [1.807, 2.05) is 30.3 Å². The number of aromatic hydroxyl groups is 1. The zero-order chi connectivity index (χ0) is 18.2. The number of phenols is 1. The fourth-order valence-electron chi connectivity index (χ4n) is 2.57. The molecular weight excluding hydrogens is 324 g/mol. The highest BCUT2D eigenvalue weighted by molar-refractivity contribution is 5.86. The zero-order valence-electron chi connectivity index (χ0n) is 14.7. The van der Waals surface area contributed by atoms with Gasteiger partial charge in [-0.1, -0.05) is 30.3 Å². The Labute approximate surface area is 153 Å². The van der Waals surface area contributed by atoms with Crippen LogP contribution >= 0.6 is 0 Å². The SMILES string of the molecule is COc1ccc(O)c(C=Nc2ccc(NCCc3ccccc3)cc2)c1. The molecule has 0 saturated heterocycles. The van der Waals surface area contributed by atoms with Gasteiger partial charge in [0.05, 0.1) is 12.8 Å². The fourth-order valence-corrected chi connectivity index (χ4v) is 2.57. The molecular formula is C22H22N2O2. The monoisotopic (exact) mass is 346 g/mol. The van der Waals surface area contributed by atoms with Crippen molar-refractivity contribution in [1.82, 2.24) is 0 Å². The number of methoxy groups -OCH3 is 1. The molecule has 26 heavy (non-hydrogen) atoms. The van der Waals surface area contributed by atoms with Crippen molar-refractivity contribution < 1.29 is 9.84 Å². The van der Waals surface area contributed by atoms with E-state index >= 15 is 0 Å². The van der Waals surface area contributed by atoms with Gasteiger partial charge in [0.1, 0.15) is 11.5 Å². The third-order valence-electron chi connectivity index (χ3n) is 4.04. The predicted octanol–water partition coefficient (Wildman–Crippen LogP) is 4.81. The Morgan fingerprint density at radius 2 is 1.77 bits per heavy atom.